The number of rotatable bonds is 4. The van der Waals surface area contributed by atoms with E-state index in [1.54, 1.807) is 0 Å². The summed E-state index contributed by atoms with van der Waals surface area (Å²) < 4.78 is 6.99. The van der Waals surface area contributed by atoms with E-state index in [0.29, 0.717) is 0 Å². The number of hydrogen-bond donors (Lipinski definition) is 1. The number of halogens is 1. The molecule has 0 aliphatic carbocycles. The summed E-state index contributed by atoms with van der Waals surface area (Å²) in [6.45, 7) is 2.01. The summed E-state index contributed by atoms with van der Waals surface area (Å²) in [6.07, 6.45) is 0.864. The Morgan fingerprint density at radius 2 is 1.94 bits per heavy atom. The highest BCUT2D eigenvalue weighted by molar-refractivity contribution is 14.1. The predicted molar refractivity (Wildman–Crippen MR) is 83.0 cm³/mol. The Hall–Kier alpha value is -1.07. The lowest BCUT2D eigenvalue weighted by molar-refractivity contribution is 0.478. The van der Waals surface area contributed by atoms with Crippen molar-refractivity contribution >= 4 is 22.6 Å². The molecule has 0 fully saturated rings. The molecular formula is C15H16INO. The van der Waals surface area contributed by atoms with Gasteiger partial charge in [0, 0.05) is 6.04 Å². The molecule has 0 aliphatic heterocycles. The van der Waals surface area contributed by atoms with Crippen LogP contribution in [0.1, 0.15) is 12.5 Å². The van der Waals surface area contributed by atoms with Gasteiger partial charge in [0.1, 0.15) is 11.5 Å². The van der Waals surface area contributed by atoms with Crippen molar-refractivity contribution in [2.24, 2.45) is 5.73 Å². The molecular weight excluding hydrogens is 337 g/mol. The molecule has 2 rings (SSSR count). The van der Waals surface area contributed by atoms with E-state index in [1.807, 2.05) is 49.4 Å². The van der Waals surface area contributed by atoms with E-state index in [2.05, 4.69) is 28.7 Å². The molecule has 0 amide bonds. The van der Waals surface area contributed by atoms with Crippen molar-refractivity contribution in [1.29, 1.82) is 0 Å². The van der Waals surface area contributed by atoms with Gasteiger partial charge in [-0.1, -0.05) is 24.3 Å². The van der Waals surface area contributed by atoms with E-state index in [-0.39, 0.29) is 6.04 Å². The second-order valence-electron chi connectivity index (χ2n) is 4.36. The van der Waals surface area contributed by atoms with E-state index in [0.717, 1.165) is 21.5 Å². The molecule has 2 aromatic rings. The fourth-order valence-corrected chi connectivity index (χ4v) is 2.26. The summed E-state index contributed by atoms with van der Waals surface area (Å²) >= 11 is 2.27. The van der Waals surface area contributed by atoms with Crippen LogP contribution in [-0.4, -0.2) is 6.04 Å². The molecule has 0 spiro atoms. The van der Waals surface area contributed by atoms with Crippen molar-refractivity contribution < 1.29 is 4.74 Å². The Labute approximate surface area is 121 Å². The van der Waals surface area contributed by atoms with Crippen molar-refractivity contribution in [3.63, 3.8) is 0 Å². The number of benzene rings is 2. The molecule has 2 N–H and O–H groups in total. The fraction of sp³-hybridized carbons (Fsp3) is 0.200. The Morgan fingerprint density at radius 1 is 1.17 bits per heavy atom. The number of hydrogen-bond acceptors (Lipinski definition) is 2. The van der Waals surface area contributed by atoms with Gasteiger partial charge in [-0.15, -0.1) is 0 Å². The zero-order valence-electron chi connectivity index (χ0n) is 10.3. The van der Waals surface area contributed by atoms with Crippen LogP contribution in [-0.2, 0) is 6.42 Å². The monoisotopic (exact) mass is 353 g/mol. The van der Waals surface area contributed by atoms with Gasteiger partial charge in [-0.2, -0.15) is 0 Å². The Kier molecular flexibility index (Phi) is 4.60. The van der Waals surface area contributed by atoms with Crippen LogP contribution in [0.4, 0.5) is 0 Å². The Bertz CT molecular complexity index is 525. The van der Waals surface area contributed by atoms with Gasteiger partial charge in [-0.3, -0.25) is 0 Å². The first-order valence-electron chi connectivity index (χ1n) is 5.92. The van der Waals surface area contributed by atoms with Crippen LogP contribution in [0.25, 0.3) is 0 Å². The maximum atomic E-state index is 5.88. The van der Waals surface area contributed by atoms with Gasteiger partial charge in [0.25, 0.3) is 0 Å². The first kappa shape index (κ1) is 13.4. The SMILES string of the molecule is CC(N)Cc1cccc(Oc2ccccc2I)c1. The second-order valence-corrected chi connectivity index (χ2v) is 5.52. The molecule has 18 heavy (non-hydrogen) atoms. The molecule has 0 aromatic heterocycles. The standard InChI is InChI=1S/C15H16INO/c1-11(17)9-12-5-4-6-13(10-12)18-15-8-3-2-7-14(15)16/h2-8,10-11H,9,17H2,1H3. The maximum absolute atomic E-state index is 5.88. The van der Waals surface area contributed by atoms with E-state index in [1.165, 1.54) is 5.56 Å². The highest BCUT2D eigenvalue weighted by Gasteiger charge is 2.03. The second kappa shape index (κ2) is 6.20. The van der Waals surface area contributed by atoms with Gasteiger partial charge >= 0.3 is 0 Å². The summed E-state index contributed by atoms with van der Waals surface area (Å²) in [4.78, 5) is 0. The van der Waals surface area contributed by atoms with Gasteiger partial charge in [0.05, 0.1) is 3.57 Å². The lowest BCUT2D eigenvalue weighted by Crippen LogP contribution is -2.17. The van der Waals surface area contributed by atoms with Gasteiger partial charge < -0.3 is 10.5 Å². The highest BCUT2D eigenvalue weighted by atomic mass is 127. The van der Waals surface area contributed by atoms with Crippen LogP contribution in [0.5, 0.6) is 11.5 Å². The molecule has 1 unspecified atom stereocenters. The first-order valence-corrected chi connectivity index (χ1v) is 7.00. The lowest BCUT2D eigenvalue weighted by atomic mass is 10.1. The molecule has 0 radical (unpaired) electrons. The summed E-state index contributed by atoms with van der Waals surface area (Å²) in [7, 11) is 0. The maximum Gasteiger partial charge on any atom is 0.140 e. The van der Waals surface area contributed by atoms with Crippen LogP contribution in [0, 0.1) is 3.57 Å². The molecule has 0 heterocycles. The molecule has 0 saturated carbocycles. The van der Waals surface area contributed by atoms with Crippen molar-refractivity contribution in [2.75, 3.05) is 0 Å². The quantitative estimate of drug-likeness (QED) is 0.845. The topological polar surface area (TPSA) is 35.2 Å². The van der Waals surface area contributed by atoms with Crippen molar-refractivity contribution in [1.82, 2.24) is 0 Å². The van der Waals surface area contributed by atoms with Gasteiger partial charge in [-0.25, -0.2) is 0 Å². The normalized spacial score (nSPS) is 12.2. The first-order chi connectivity index (χ1) is 8.65. The van der Waals surface area contributed by atoms with Crippen LogP contribution >= 0.6 is 22.6 Å². The number of para-hydroxylation sites is 1. The number of nitrogens with two attached hydrogens (primary N) is 1. The predicted octanol–water partition coefficient (Wildman–Crippen LogP) is 3.97. The van der Waals surface area contributed by atoms with Gasteiger partial charge in [-0.05, 0) is 65.8 Å². The molecule has 2 aromatic carbocycles. The summed E-state index contributed by atoms with van der Waals surface area (Å²) in [5.74, 6) is 1.74. The zero-order valence-corrected chi connectivity index (χ0v) is 12.4. The van der Waals surface area contributed by atoms with Gasteiger partial charge in [0.2, 0.25) is 0 Å². The molecule has 0 saturated heterocycles. The van der Waals surface area contributed by atoms with Crippen LogP contribution < -0.4 is 10.5 Å². The Morgan fingerprint density at radius 3 is 2.67 bits per heavy atom. The summed E-state index contributed by atoms with van der Waals surface area (Å²) in [6, 6.07) is 16.2. The van der Waals surface area contributed by atoms with E-state index in [4.69, 9.17) is 10.5 Å². The average Bonchev–Trinajstić information content (AvgIpc) is 2.32. The van der Waals surface area contributed by atoms with E-state index in [9.17, 15) is 0 Å². The van der Waals surface area contributed by atoms with E-state index >= 15 is 0 Å². The van der Waals surface area contributed by atoms with Crippen LogP contribution in [0.15, 0.2) is 48.5 Å². The molecule has 94 valence electrons. The molecule has 2 nitrogen and oxygen atoms in total. The Balaban J connectivity index is 2.17. The highest BCUT2D eigenvalue weighted by Crippen LogP contribution is 2.26. The van der Waals surface area contributed by atoms with Crippen molar-refractivity contribution in [2.45, 2.75) is 19.4 Å². The minimum atomic E-state index is 0.164. The smallest absolute Gasteiger partial charge is 0.140 e. The van der Waals surface area contributed by atoms with E-state index < -0.39 is 0 Å². The average molecular weight is 353 g/mol. The van der Waals surface area contributed by atoms with Crippen LogP contribution in [0.3, 0.4) is 0 Å². The summed E-state index contributed by atoms with van der Waals surface area (Å²) in [5, 5.41) is 0. The van der Waals surface area contributed by atoms with Crippen molar-refractivity contribution in [3.8, 4) is 11.5 Å². The zero-order chi connectivity index (χ0) is 13.0. The third-order valence-corrected chi connectivity index (χ3v) is 3.41. The molecule has 0 aliphatic rings. The molecule has 1 atom stereocenters. The third-order valence-electron chi connectivity index (χ3n) is 2.52. The number of ether oxygens (including phenoxy) is 1. The largest absolute Gasteiger partial charge is 0.456 e. The molecule has 0 bridgehead atoms. The van der Waals surface area contributed by atoms with Crippen LogP contribution in [0.2, 0.25) is 0 Å². The minimum Gasteiger partial charge on any atom is -0.456 e. The lowest BCUT2D eigenvalue weighted by Gasteiger charge is -2.10. The molecule has 3 heteroatoms. The minimum absolute atomic E-state index is 0.164. The van der Waals surface area contributed by atoms with Gasteiger partial charge in [0.15, 0.2) is 0 Å². The fourth-order valence-electron chi connectivity index (χ4n) is 1.76. The third kappa shape index (κ3) is 3.71. The summed E-state index contributed by atoms with van der Waals surface area (Å²) in [5.41, 5.74) is 7.01. The van der Waals surface area contributed by atoms with Crippen molar-refractivity contribution in [3.05, 3.63) is 57.7 Å².